The van der Waals surface area contributed by atoms with Gasteiger partial charge in [-0.1, -0.05) is 50.8 Å². The van der Waals surface area contributed by atoms with Crippen LogP contribution in [0.4, 0.5) is 5.69 Å². The first-order valence-corrected chi connectivity index (χ1v) is 10.2. The molecule has 5 nitrogen and oxygen atoms in total. The van der Waals surface area contributed by atoms with E-state index in [0.29, 0.717) is 5.56 Å². The first-order valence-electron chi connectivity index (χ1n) is 10.2. The fraction of sp³-hybridized carbons (Fsp3) is 0.435. The molecule has 0 atom stereocenters. The molecule has 0 saturated heterocycles. The van der Waals surface area contributed by atoms with Crippen molar-refractivity contribution in [1.82, 2.24) is 10.3 Å². The van der Waals surface area contributed by atoms with E-state index in [2.05, 4.69) is 22.5 Å². The van der Waals surface area contributed by atoms with Crippen LogP contribution in [0.2, 0.25) is 0 Å². The number of nitrogens with zero attached hydrogens (tertiary/aromatic N) is 1. The summed E-state index contributed by atoms with van der Waals surface area (Å²) in [5.74, 6) is -0.429. The number of hydrogen-bond acceptors (Lipinski definition) is 3. The lowest BCUT2D eigenvalue weighted by molar-refractivity contribution is 0.0933. The fourth-order valence-electron chi connectivity index (χ4n) is 3.77. The molecule has 0 radical (unpaired) electrons. The number of carbonyl (C=O) groups excluding carboxylic acids is 2. The van der Waals surface area contributed by atoms with Crippen LogP contribution in [-0.2, 0) is 6.42 Å². The third-order valence-electron chi connectivity index (χ3n) is 5.42. The van der Waals surface area contributed by atoms with E-state index in [0.717, 1.165) is 48.9 Å². The van der Waals surface area contributed by atoms with Crippen molar-refractivity contribution in [2.75, 3.05) is 5.32 Å². The topological polar surface area (TPSA) is 71.1 Å². The summed E-state index contributed by atoms with van der Waals surface area (Å²) in [6.07, 6.45) is 9.20. The van der Waals surface area contributed by atoms with Crippen molar-refractivity contribution in [2.45, 2.75) is 64.8 Å². The average Bonchev–Trinajstić information content (AvgIpc) is 2.98. The smallest absolute Gasteiger partial charge is 0.274 e. The van der Waals surface area contributed by atoms with Crippen LogP contribution in [0.15, 0.2) is 36.5 Å². The summed E-state index contributed by atoms with van der Waals surface area (Å²) in [6.45, 7) is 4.03. The monoisotopic (exact) mass is 379 g/mol. The molecular weight excluding hydrogens is 350 g/mol. The van der Waals surface area contributed by atoms with E-state index >= 15 is 0 Å². The maximum absolute atomic E-state index is 12.7. The third kappa shape index (κ3) is 4.97. The number of aromatic nitrogens is 1. The van der Waals surface area contributed by atoms with Crippen LogP contribution in [0.3, 0.4) is 0 Å². The minimum absolute atomic E-state index is 0.131. The predicted molar refractivity (Wildman–Crippen MR) is 112 cm³/mol. The van der Waals surface area contributed by atoms with E-state index in [1.54, 1.807) is 12.1 Å². The maximum Gasteiger partial charge on any atom is 0.274 e. The highest BCUT2D eigenvalue weighted by Crippen LogP contribution is 2.22. The first-order chi connectivity index (χ1) is 13.6. The van der Waals surface area contributed by atoms with E-state index in [1.165, 1.54) is 19.0 Å². The molecule has 148 valence electrons. The zero-order valence-corrected chi connectivity index (χ0v) is 16.8. The Morgan fingerprint density at radius 3 is 2.54 bits per heavy atom. The van der Waals surface area contributed by atoms with Gasteiger partial charge in [0, 0.05) is 23.5 Å². The summed E-state index contributed by atoms with van der Waals surface area (Å²) in [7, 11) is 0. The van der Waals surface area contributed by atoms with Gasteiger partial charge in [0.05, 0.1) is 0 Å². The van der Waals surface area contributed by atoms with Crippen LogP contribution in [-0.4, -0.2) is 22.8 Å². The van der Waals surface area contributed by atoms with Crippen LogP contribution < -0.4 is 10.6 Å². The molecule has 1 saturated carbocycles. The van der Waals surface area contributed by atoms with Crippen LogP contribution in [0.1, 0.15) is 77.4 Å². The Hall–Kier alpha value is -2.69. The Labute approximate surface area is 167 Å². The molecule has 1 aromatic heterocycles. The first kappa shape index (κ1) is 20.1. The Morgan fingerprint density at radius 2 is 1.82 bits per heavy atom. The lowest BCUT2D eigenvalue weighted by Gasteiger charge is -2.16. The largest absolute Gasteiger partial charge is 0.349 e. The molecule has 1 heterocycles. The van der Waals surface area contributed by atoms with Crippen molar-refractivity contribution in [2.24, 2.45) is 0 Å². The van der Waals surface area contributed by atoms with Gasteiger partial charge in [-0.15, -0.1) is 0 Å². The minimum atomic E-state index is -0.298. The molecule has 0 aliphatic heterocycles. The summed E-state index contributed by atoms with van der Waals surface area (Å²) in [5.41, 5.74) is 3.64. The number of anilines is 1. The number of nitrogens with one attached hydrogen (secondary N) is 2. The summed E-state index contributed by atoms with van der Waals surface area (Å²) in [4.78, 5) is 29.6. The molecule has 2 amide bonds. The Bertz CT molecular complexity index is 839. The zero-order valence-electron chi connectivity index (χ0n) is 16.8. The van der Waals surface area contributed by atoms with Crippen LogP contribution in [0.5, 0.6) is 0 Å². The Morgan fingerprint density at radius 1 is 1.07 bits per heavy atom. The summed E-state index contributed by atoms with van der Waals surface area (Å²) < 4.78 is 0. The third-order valence-corrected chi connectivity index (χ3v) is 5.42. The van der Waals surface area contributed by atoms with Gasteiger partial charge < -0.3 is 10.6 Å². The molecule has 1 fully saturated rings. The maximum atomic E-state index is 12.7. The number of benzene rings is 1. The van der Waals surface area contributed by atoms with Crippen molar-refractivity contribution in [1.29, 1.82) is 0 Å². The quantitative estimate of drug-likeness (QED) is 0.743. The molecule has 5 heteroatoms. The highest BCUT2D eigenvalue weighted by Gasteiger charge is 2.18. The van der Waals surface area contributed by atoms with E-state index in [-0.39, 0.29) is 23.6 Å². The second-order valence-corrected chi connectivity index (χ2v) is 7.51. The molecular formula is C23H29N3O2. The van der Waals surface area contributed by atoms with Crippen molar-refractivity contribution in [3.05, 3.63) is 58.9 Å². The van der Waals surface area contributed by atoms with Crippen LogP contribution in [0, 0.1) is 6.92 Å². The average molecular weight is 380 g/mol. The fourth-order valence-corrected chi connectivity index (χ4v) is 3.77. The normalized spacial score (nSPS) is 14.9. The van der Waals surface area contributed by atoms with Gasteiger partial charge in [0.25, 0.3) is 11.8 Å². The van der Waals surface area contributed by atoms with E-state index in [9.17, 15) is 9.59 Å². The molecule has 28 heavy (non-hydrogen) atoms. The van der Waals surface area contributed by atoms with E-state index in [1.807, 2.05) is 25.1 Å². The predicted octanol–water partition coefficient (Wildman–Crippen LogP) is 4.66. The van der Waals surface area contributed by atoms with Gasteiger partial charge in [-0.05, 0) is 49.4 Å². The van der Waals surface area contributed by atoms with Crippen molar-refractivity contribution >= 4 is 17.5 Å². The van der Waals surface area contributed by atoms with Gasteiger partial charge in [-0.2, -0.15) is 0 Å². The number of pyridine rings is 1. The summed E-state index contributed by atoms with van der Waals surface area (Å²) in [6, 6.07) is 9.42. The Kier molecular flexibility index (Phi) is 6.80. The lowest BCUT2D eigenvalue weighted by atomic mass is 10.1. The molecule has 1 aliphatic carbocycles. The van der Waals surface area contributed by atoms with Gasteiger partial charge in [-0.25, -0.2) is 0 Å². The number of amides is 2. The number of aryl methyl sites for hydroxylation is 2. The molecule has 2 aromatic rings. The van der Waals surface area contributed by atoms with Crippen molar-refractivity contribution in [3.8, 4) is 0 Å². The lowest BCUT2D eigenvalue weighted by Crippen LogP contribution is -2.34. The highest BCUT2D eigenvalue weighted by atomic mass is 16.2. The second kappa shape index (κ2) is 9.49. The van der Waals surface area contributed by atoms with Gasteiger partial charge in [0.15, 0.2) is 0 Å². The minimum Gasteiger partial charge on any atom is -0.349 e. The number of hydrogen-bond donors (Lipinski definition) is 2. The zero-order chi connectivity index (χ0) is 19.9. The molecule has 0 spiro atoms. The summed E-state index contributed by atoms with van der Waals surface area (Å²) >= 11 is 0. The number of para-hydroxylation sites is 1. The molecule has 1 aliphatic rings. The molecule has 0 unspecified atom stereocenters. The molecule has 0 bridgehead atoms. The molecule has 3 rings (SSSR count). The Balaban J connectivity index is 1.72. The van der Waals surface area contributed by atoms with Gasteiger partial charge >= 0.3 is 0 Å². The molecule has 1 aromatic carbocycles. The van der Waals surface area contributed by atoms with Crippen molar-refractivity contribution < 1.29 is 9.59 Å². The number of carbonyl (C=O) groups is 2. The molecule has 2 N–H and O–H groups in total. The van der Waals surface area contributed by atoms with Gasteiger partial charge in [0.1, 0.15) is 5.69 Å². The van der Waals surface area contributed by atoms with E-state index in [4.69, 9.17) is 0 Å². The standard InChI is InChI=1S/C23H29N3O2/c1-3-17-10-8-9-16(2)21(17)26-23(28)20-15-18(13-14-24-20)22(27)25-19-11-6-4-5-7-12-19/h8-10,13-15,19H,3-7,11-12H2,1-2H3,(H,25,27)(H,26,28). The number of rotatable bonds is 5. The van der Waals surface area contributed by atoms with E-state index < -0.39 is 0 Å². The van der Waals surface area contributed by atoms with Crippen molar-refractivity contribution in [3.63, 3.8) is 0 Å². The van der Waals surface area contributed by atoms with Gasteiger partial charge in [-0.3, -0.25) is 14.6 Å². The van der Waals surface area contributed by atoms with Gasteiger partial charge in [0.2, 0.25) is 0 Å². The second-order valence-electron chi connectivity index (χ2n) is 7.51. The van der Waals surface area contributed by atoms with Crippen LogP contribution >= 0.6 is 0 Å². The summed E-state index contributed by atoms with van der Waals surface area (Å²) in [5, 5.41) is 6.09. The van der Waals surface area contributed by atoms with Crippen LogP contribution in [0.25, 0.3) is 0 Å². The SMILES string of the molecule is CCc1cccc(C)c1NC(=O)c1cc(C(=O)NC2CCCCCC2)ccn1. The highest BCUT2D eigenvalue weighted by molar-refractivity contribution is 6.05.